The number of piperidine rings is 1. The largest absolute Gasteiger partial charge is 0.449 e. The fraction of sp³-hybridized carbons (Fsp3) is 0.474. The van der Waals surface area contributed by atoms with Crippen LogP contribution in [-0.2, 0) is 14.6 Å². The van der Waals surface area contributed by atoms with E-state index in [-0.39, 0.29) is 31.1 Å². The van der Waals surface area contributed by atoms with Crippen molar-refractivity contribution in [1.82, 2.24) is 10.3 Å². The van der Waals surface area contributed by atoms with E-state index in [1.54, 1.807) is 36.1 Å². The van der Waals surface area contributed by atoms with Crippen LogP contribution in [-0.4, -0.2) is 54.7 Å². The number of ether oxygens (including phenoxy) is 1. The Hall–Kier alpha value is -2.74. The minimum atomic E-state index is -0.635. The molecule has 0 aliphatic carbocycles. The number of nitrogens with zero attached hydrogens (tertiary/aromatic N) is 2. The summed E-state index contributed by atoms with van der Waals surface area (Å²) in [5.41, 5.74) is 3.43. The van der Waals surface area contributed by atoms with Crippen molar-refractivity contribution < 1.29 is 24.2 Å². The summed E-state index contributed by atoms with van der Waals surface area (Å²) < 4.78 is 4.67. The number of likely N-dealkylation sites (tertiary alicyclic amines) is 1. The molecule has 145 valence electrons. The fourth-order valence-electron chi connectivity index (χ4n) is 2.71. The molecule has 1 aromatic rings. The molecule has 1 aliphatic rings. The lowest BCUT2D eigenvalue weighted by Gasteiger charge is -2.28. The van der Waals surface area contributed by atoms with Crippen LogP contribution < -0.4 is 5.43 Å². The molecule has 1 fully saturated rings. The average molecular weight is 374 g/mol. The number of carbonyl (C=O) groups excluding carboxylic acids is 3. The topological polar surface area (TPSA) is 108 Å². The Morgan fingerprint density at radius 3 is 2.48 bits per heavy atom. The van der Waals surface area contributed by atoms with Gasteiger partial charge in [0.15, 0.2) is 5.78 Å². The van der Waals surface area contributed by atoms with Crippen LogP contribution in [0.2, 0.25) is 0 Å². The van der Waals surface area contributed by atoms with Crippen LogP contribution in [0.1, 0.15) is 48.5 Å². The average Bonchev–Trinajstić information content (AvgIpc) is 2.67. The number of hydrogen-bond acceptors (Lipinski definition) is 5. The van der Waals surface area contributed by atoms with E-state index in [2.05, 4.69) is 15.3 Å². The third-order valence-corrected chi connectivity index (χ3v) is 4.24. The zero-order valence-electron chi connectivity index (χ0n) is 15.3. The van der Waals surface area contributed by atoms with Crippen molar-refractivity contribution in [3.05, 3.63) is 35.4 Å². The molecule has 0 aromatic heterocycles. The van der Waals surface area contributed by atoms with Gasteiger partial charge in [0.25, 0.3) is 0 Å². The Labute approximate surface area is 158 Å². The minimum Gasteiger partial charge on any atom is -0.449 e. The number of hydrogen-bond donors (Lipinski definition) is 1. The highest BCUT2D eigenvalue weighted by Gasteiger charge is 2.22. The summed E-state index contributed by atoms with van der Waals surface area (Å²) in [7, 11) is 0. The van der Waals surface area contributed by atoms with Crippen LogP contribution in [0.25, 0.3) is 0 Å². The Kier molecular flexibility index (Phi) is 7.94. The molecule has 1 aliphatic heterocycles. The second-order valence-electron chi connectivity index (χ2n) is 6.22. The van der Waals surface area contributed by atoms with Gasteiger partial charge in [-0.15, -0.1) is 0 Å². The van der Waals surface area contributed by atoms with Gasteiger partial charge < -0.3 is 9.64 Å². The molecule has 0 unspecified atom stereocenters. The number of Topliss-reactive ketones (excluding diaryl/α,β-unsaturated/α-hetero) is 1. The summed E-state index contributed by atoms with van der Waals surface area (Å²) in [5, 5.41) is 15.0. The van der Waals surface area contributed by atoms with Gasteiger partial charge in [0.2, 0.25) is 5.91 Å². The smallest absolute Gasteiger partial charge is 0.427 e. The van der Waals surface area contributed by atoms with Gasteiger partial charge in [-0.3, -0.25) is 9.59 Å². The van der Waals surface area contributed by atoms with Gasteiger partial charge in [-0.05, 0) is 25.3 Å². The molecule has 1 saturated heterocycles. The van der Waals surface area contributed by atoms with Crippen LogP contribution in [0.15, 0.2) is 29.4 Å². The normalized spacial score (nSPS) is 15.0. The highest BCUT2D eigenvalue weighted by Crippen LogP contribution is 2.13. The van der Waals surface area contributed by atoms with Crippen molar-refractivity contribution in [2.45, 2.75) is 38.7 Å². The predicted molar refractivity (Wildman–Crippen MR) is 98.0 cm³/mol. The number of amides is 2. The van der Waals surface area contributed by atoms with E-state index < -0.39 is 12.2 Å². The molecule has 1 aromatic carbocycles. The molecule has 8 heteroatoms. The minimum absolute atomic E-state index is 0.0796. The molecule has 1 radical (unpaired) electrons. The first-order chi connectivity index (χ1) is 13.0. The van der Waals surface area contributed by atoms with Gasteiger partial charge >= 0.3 is 6.09 Å². The number of benzene rings is 1. The van der Waals surface area contributed by atoms with Crippen LogP contribution in [0.5, 0.6) is 0 Å². The van der Waals surface area contributed by atoms with Gasteiger partial charge in [0.05, 0.1) is 18.9 Å². The highest BCUT2D eigenvalue weighted by atomic mass is 16.5. The van der Waals surface area contributed by atoms with Crippen molar-refractivity contribution in [3.63, 3.8) is 0 Å². The Bertz CT molecular complexity index is 679. The third kappa shape index (κ3) is 6.82. The zero-order chi connectivity index (χ0) is 19.6. The summed E-state index contributed by atoms with van der Waals surface area (Å²) in [6, 6.07) is 6.71. The van der Waals surface area contributed by atoms with E-state index >= 15 is 0 Å². The van der Waals surface area contributed by atoms with E-state index in [4.69, 9.17) is 0 Å². The van der Waals surface area contributed by atoms with Gasteiger partial charge in [0, 0.05) is 31.5 Å². The lowest BCUT2D eigenvalue weighted by molar-refractivity contribution is -0.133. The second kappa shape index (κ2) is 10.4. The zero-order valence-corrected chi connectivity index (χ0v) is 15.3. The van der Waals surface area contributed by atoms with Crippen LogP contribution >= 0.6 is 0 Å². The van der Waals surface area contributed by atoms with E-state index in [1.807, 2.05) is 0 Å². The van der Waals surface area contributed by atoms with Gasteiger partial charge in [-0.2, -0.15) is 5.10 Å². The molecule has 0 saturated carbocycles. The van der Waals surface area contributed by atoms with Crippen molar-refractivity contribution in [2.24, 2.45) is 5.10 Å². The molecule has 8 nitrogen and oxygen atoms in total. The first kappa shape index (κ1) is 20.6. The van der Waals surface area contributed by atoms with Gasteiger partial charge in [-0.1, -0.05) is 24.3 Å². The quantitative estimate of drug-likeness (QED) is 0.448. The summed E-state index contributed by atoms with van der Waals surface area (Å²) in [4.78, 5) is 37.1. The molecule has 1 N–H and O–H groups in total. The predicted octanol–water partition coefficient (Wildman–Crippen LogP) is 2.15. The van der Waals surface area contributed by atoms with E-state index in [1.165, 1.54) is 6.21 Å². The van der Waals surface area contributed by atoms with E-state index in [9.17, 15) is 19.5 Å². The monoisotopic (exact) mass is 374 g/mol. The van der Waals surface area contributed by atoms with Crippen LogP contribution in [0.4, 0.5) is 4.79 Å². The molecule has 1 heterocycles. The van der Waals surface area contributed by atoms with Crippen molar-refractivity contribution in [1.29, 1.82) is 0 Å². The molecule has 0 spiro atoms. The first-order valence-corrected chi connectivity index (χ1v) is 9.02. The lowest BCUT2D eigenvalue weighted by Crippen LogP contribution is -2.39. The number of hydrazone groups is 1. The summed E-state index contributed by atoms with van der Waals surface area (Å²) in [6.07, 6.45) is 1.47. The standard InChI is InChI=1S/C19H24N3O5/c1-2-27-19(26)21-20-13-14-3-5-15(6-4-14)17(24)7-8-18(25)22-11-9-16(23)10-12-22/h3-6,13,16H,2,7-12H2,1H3,(H,21,26). The van der Waals surface area contributed by atoms with Crippen LogP contribution in [0, 0.1) is 0 Å². The third-order valence-electron chi connectivity index (χ3n) is 4.24. The van der Waals surface area contributed by atoms with Gasteiger partial charge in [-0.25, -0.2) is 15.3 Å². The molecule has 2 rings (SSSR count). The van der Waals surface area contributed by atoms with E-state index in [0.29, 0.717) is 37.1 Å². The Morgan fingerprint density at radius 1 is 1.19 bits per heavy atom. The molecule has 0 bridgehead atoms. The van der Waals surface area contributed by atoms with Crippen molar-refractivity contribution in [2.75, 3.05) is 19.7 Å². The van der Waals surface area contributed by atoms with Gasteiger partial charge in [0.1, 0.15) is 0 Å². The fourth-order valence-corrected chi connectivity index (χ4v) is 2.71. The molecular formula is C19H24N3O5. The maximum atomic E-state index is 12.2. The maximum Gasteiger partial charge on any atom is 0.427 e. The Balaban J connectivity index is 1.78. The Morgan fingerprint density at radius 2 is 1.85 bits per heavy atom. The number of rotatable bonds is 7. The lowest BCUT2D eigenvalue weighted by atomic mass is 10.0. The molecule has 27 heavy (non-hydrogen) atoms. The maximum absolute atomic E-state index is 12.2. The van der Waals surface area contributed by atoms with Crippen LogP contribution in [0.3, 0.4) is 0 Å². The summed E-state index contributed by atoms with van der Waals surface area (Å²) in [6.45, 7) is 2.92. The second-order valence-corrected chi connectivity index (χ2v) is 6.22. The molecule has 0 atom stereocenters. The number of carbonyl (C=O) groups is 3. The number of ketones is 1. The summed E-state index contributed by atoms with van der Waals surface area (Å²) in [5.74, 6) is -0.195. The number of nitrogens with one attached hydrogen (secondary N) is 1. The van der Waals surface area contributed by atoms with Crippen molar-refractivity contribution >= 4 is 24.0 Å². The van der Waals surface area contributed by atoms with Crippen molar-refractivity contribution in [3.8, 4) is 0 Å². The summed E-state index contributed by atoms with van der Waals surface area (Å²) >= 11 is 0. The molecular weight excluding hydrogens is 350 g/mol. The first-order valence-electron chi connectivity index (χ1n) is 9.02. The molecule has 2 amide bonds. The highest BCUT2D eigenvalue weighted by molar-refractivity contribution is 5.98. The SMILES string of the molecule is CCOC(=O)NN=Cc1ccc(C(=O)CCC(=O)N2CCC([O])CC2)cc1. The van der Waals surface area contributed by atoms with E-state index in [0.717, 1.165) is 0 Å².